The van der Waals surface area contributed by atoms with Crippen LogP contribution in [0.4, 0.5) is 0 Å². The predicted molar refractivity (Wildman–Crippen MR) is 79.1 cm³/mol. The summed E-state index contributed by atoms with van der Waals surface area (Å²) in [4.78, 5) is 0. The quantitative estimate of drug-likeness (QED) is 0.541. The fraction of sp³-hybridized carbons (Fsp3) is 1.00. The second-order valence-corrected chi connectivity index (χ2v) is 7.00. The van der Waals surface area contributed by atoms with Gasteiger partial charge in [0, 0.05) is 17.0 Å². The van der Waals surface area contributed by atoms with Crippen LogP contribution in [0.3, 0.4) is 0 Å². The van der Waals surface area contributed by atoms with Gasteiger partial charge in [0.15, 0.2) is 0 Å². The lowest BCUT2D eigenvalue weighted by Crippen LogP contribution is -2.44. The lowest BCUT2D eigenvalue weighted by atomic mass is 9.77. The van der Waals surface area contributed by atoms with Crippen molar-refractivity contribution < 1.29 is 0 Å². The van der Waals surface area contributed by atoms with E-state index in [1.165, 1.54) is 44.3 Å². The van der Waals surface area contributed by atoms with E-state index in [9.17, 15) is 0 Å². The molecule has 0 aliphatic heterocycles. The third-order valence-corrected chi connectivity index (χ3v) is 5.77. The molecule has 1 saturated carbocycles. The second kappa shape index (κ2) is 8.39. The van der Waals surface area contributed by atoms with Crippen LogP contribution in [0.1, 0.15) is 59.3 Å². The third-order valence-electron chi connectivity index (χ3n) is 4.32. The Balaban J connectivity index is 2.37. The van der Waals surface area contributed by atoms with Crippen molar-refractivity contribution in [3.63, 3.8) is 0 Å². The van der Waals surface area contributed by atoms with Crippen molar-refractivity contribution in [3.05, 3.63) is 0 Å². The molecule has 1 fully saturated rings. The lowest BCUT2D eigenvalue weighted by molar-refractivity contribution is 0.219. The van der Waals surface area contributed by atoms with Crippen molar-refractivity contribution in [2.45, 2.75) is 70.6 Å². The molecule has 0 bridgehead atoms. The molecule has 1 rings (SSSR count). The monoisotopic (exact) mass is 258 g/mol. The van der Waals surface area contributed by atoms with E-state index in [0.29, 0.717) is 6.04 Å². The molecule has 0 spiro atoms. The first-order chi connectivity index (χ1) is 8.21. The Bertz CT molecular complexity index is 199. The fourth-order valence-electron chi connectivity index (χ4n) is 2.77. The van der Waals surface area contributed by atoms with Crippen LogP contribution in [0.25, 0.3) is 0 Å². The zero-order valence-corrected chi connectivity index (χ0v) is 12.6. The topological polar surface area (TPSA) is 38.0 Å². The summed E-state index contributed by atoms with van der Waals surface area (Å²) in [6.07, 6.45) is 8.17. The molecule has 3 heteroatoms. The first-order valence-corrected chi connectivity index (χ1v) is 8.33. The molecule has 0 aromatic carbocycles. The van der Waals surface area contributed by atoms with Gasteiger partial charge in [0.1, 0.15) is 0 Å². The Kier molecular flexibility index (Phi) is 7.56. The largest absolute Gasteiger partial charge is 0.271 e. The summed E-state index contributed by atoms with van der Waals surface area (Å²) in [5.41, 5.74) is 3.08. The van der Waals surface area contributed by atoms with E-state index >= 15 is 0 Å². The molecule has 1 aliphatic rings. The van der Waals surface area contributed by atoms with Gasteiger partial charge in [0.25, 0.3) is 0 Å². The maximum atomic E-state index is 5.75. The molecular formula is C14H30N2S. The lowest BCUT2D eigenvalue weighted by Gasteiger charge is -2.34. The van der Waals surface area contributed by atoms with Gasteiger partial charge >= 0.3 is 0 Å². The first kappa shape index (κ1) is 15.3. The molecule has 4 unspecified atom stereocenters. The Hall–Kier alpha value is 0.270. The number of rotatable bonds is 7. The molecule has 1 aliphatic carbocycles. The van der Waals surface area contributed by atoms with Gasteiger partial charge < -0.3 is 0 Å². The van der Waals surface area contributed by atoms with Crippen LogP contribution in [0.2, 0.25) is 0 Å². The third kappa shape index (κ3) is 5.19. The Labute approximate surface area is 111 Å². The van der Waals surface area contributed by atoms with Crippen LogP contribution >= 0.6 is 11.8 Å². The van der Waals surface area contributed by atoms with Gasteiger partial charge in [-0.1, -0.05) is 40.0 Å². The van der Waals surface area contributed by atoms with Gasteiger partial charge in [0.05, 0.1) is 0 Å². The van der Waals surface area contributed by atoms with E-state index in [2.05, 4.69) is 38.0 Å². The molecule has 3 N–H and O–H groups in total. The highest BCUT2D eigenvalue weighted by molar-refractivity contribution is 7.99. The summed E-state index contributed by atoms with van der Waals surface area (Å²) in [6.45, 7) is 6.90. The molecule has 2 nitrogen and oxygen atoms in total. The van der Waals surface area contributed by atoms with E-state index in [1.807, 2.05) is 0 Å². The van der Waals surface area contributed by atoms with E-state index in [4.69, 9.17) is 5.84 Å². The van der Waals surface area contributed by atoms with Crippen LogP contribution in [-0.4, -0.2) is 17.0 Å². The summed E-state index contributed by atoms with van der Waals surface area (Å²) in [6, 6.07) is 0.517. The van der Waals surface area contributed by atoms with E-state index < -0.39 is 0 Å². The number of hydrogen-bond donors (Lipinski definition) is 2. The minimum absolute atomic E-state index is 0.517. The highest BCUT2D eigenvalue weighted by Crippen LogP contribution is 2.34. The number of thioether (sulfide) groups is 1. The SMILES string of the molecule is CCC1CCCC(C(CSC(C)CC)NN)C1. The van der Waals surface area contributed by atoms with E-state index in [1.54, 1.807) is 0 Å². The first-order valence-electron chi connectivity index (χ1n) is 7.28. The average molecular weight is 258 g/mol. The van der Waals surface area contributed by atoms with Gasteiger partial charge in [-0.25, -0.2) is 0 Å². The smallest absolute Gasteiger partial charge is 0.0329 e. The molecule has 0 saturated heterocycles. The van der Waals surface area contributed by atoms with Crippen LogP contribution in [0.15, 0.2) is 0 Å². The molecule has 0 heterocycles. The van der Waals surface area contributed by atoms with Crippen molar-refractivity contribution >= 4 is 11.8 Å². The van der Waals surface area contributed by atoms with Crippen molar-refractivity contribution in [1.29, 1.82) is 0 Å². The van der Waals surface area contributed by atoms with Gasteiger partial charge in [-0.3, -0.25) is 11.3 Å². The maximum absolute atomic E-state index is 5.75. The van der Waals surface area contributed by atoms with E-state index in [-0.39, 0.29) is 0 Å². The molecule has 0 amide bonds. The number of nitrogens with two attached hydrogens (primary N) is 1. The van der Waals surface area contributed by atoms with Crippen molar-refractivity contribution in [1.82, 2.24) is 5.43 Å². The summed E-state index contributed by atoms with van der Waals surface area (Å²) < 4.78 is 0. The van der Waals surface area contributed by atoms with Crippen molar-refractivity contribution in [2.75, 3.05) is 5.75 Å². The zero-order chi connectivity index (χ0) is 12.7. The predicted octanol–water partition coefficient (Wildman–Crippen LogP) is 3.57. The molecular weight excluding hydrogens is 228 g/mol. The highest BCUT2D eigenvalue weighted by atomic mass is 32.2. The summed E-state index contributed by atoms with van der Waals surface area (Å²) >= 11 is 2.07. The Morgan fingerprint density at radius 3 is 2.71 bits per heavy atom. The zero-order valence-electron chi connectivity index (χ0n) is 11.7. The minimum atomic E-state index is 0.517. The standard InChI is InChI=1S/C14H30N2S/c1-4-11(3)17-10-14(16-15)13-8-6-7-12(5-2)9-13/h11-14,16H,4-10,15H2,1-3H3. The molecule has 0 radical (unpaired) electrons. The average Bonchev–Trinajstić information content (AvgIpc) is 2.39. The van der Waals surface area contributed by atoms with Crippen LogP contribution < -0.4 is 11.3 Å². The fourth-order valence-corrected chi connectivity index (χ4v) is 3.91. The van der Waals surface area contributed by atoms with Gasteiger partial charge in [0.2, 0.25) is 0 Å². The number of hydrazine groups is 1. The maximum Gasteiger partial charge on any atom is 0.0329 e. The number of nitrogens with one attached hydrogen (secondary N) is 1. The van der Waals surface area contributed by atoms with Crippen LogP contribution in [-0.2, 0) is 0 Å². The highest BCUT2D eigenvalue weighted by Gasteiger charge is 2.27. The van der Waals surface area contributed by atoms with Crippen LogP contribution in [0, 0.1) is 11.8 Å². The summed E-state index contributed by atoms with van der Waals surface area (Å²) in [7, 11) is 0. The summed E-state index contributed by atoms with van der Waals surface area (Å²) in [5.74, 6) is 8.67. The second-order valence-electron chi connectivity index (χ2n) is 5.53. The van der Waals surface area contributed by atoms with E-state index in [0.717, 1.165) is 17.1 Å². The minimum Gasteiger partial charge on any atom is -0.271 e. The summed E-state index contributed by atoms with van der Waals surface area (Å²) in [5, 5.41) is 0.761. The molecule has 4 atom stereocenters. The normalized spacial score (nSPS) is 28.9. The van der Waals surface area contributed by atoms with Crippen molar-refractivity contribution in [2.24, 2.45) is 17.7 Å². The van der Waals surface area contributed by atoms with Gasteiger partial charge in [-0.05, 0) is 31.1 Å². The molecule has 0 aromatic heterocycles. The van der Waals surface area contributed by atoms with Crippen molar-refractivity contribution in [3.8, 4) is 0 Å². The van der Waals surface area contributed by atoms with Gasteiger partial charge in [-0.15, -0.1) is 0 Å². The Morgan fingerprint density at radius 2 is 2.12 bits per heavy atom. The Morgan fingerprint density at radius 1 is 1.35 bits per heavy atom. The number of hydrogen-bond acceptors (Lipinski definition) is 3. The molecule has 102 valence electrons. The molecule has 17 heavy (non-hydrogen) atoms. The molecule has 0 aromatic rings. The van der Waals surface area contributed by atoms with Crippen LogP contribution in [0.5, 0.6) is 0 Å². The van der Waals surface area contributed by atoms with Gasteiger partial charge in [-0.2, -0.15) is 11.8 Å².